The van der Waals surface area contributed by atoms with Crippen molar-refractivity contribution in [3.63, 3.8) is 0 Å². The van der Waals surface area contributed by atoms with Crippen LogP contribution in [0.4, 0.5) is 8.78 Å². The van der Waals surface area contributed by atoms with Gasteiger partial charge < -0.3 is 14.6 Å². The van der Waals surface area contributed by atoms with E-state index in [1.54, 1.807) is 13.0 Å². The number of hydrogen-bond acceptors (Lipinski definition) is 5. The van der Waals surface area contributed by atoms with Crippen molar-refractivity contribution in [2.75, 3.05) is 20.2 Å². The third kappa shape index (κ3) is 5.80. The second-order valence-corrected chi connectivity index (χ2v) is 11.7. The van der Waals surface area contributed by atoms with Crippen molar-refractivity contribution in [3.8, 4) is 22.8 Å². The number of likely N-dealkylation sites (tertiary alicyclic amines) is 1. The third-order valence-electron chi connectivity index (χ3n) is 8.92. The summed E-state index contributed by atoms with van der Waals surface area (Å²) >= 11 is 0. The largest absolute Gasteiger partial charge is 0.485 e. The first-order valence-corrected chi connectivity index (χ1v) is 14.5. The molecule has 0 bridgehead atoms. The number of aryl methyl sites for hydroxylation is 1. The summed E-state index contributed by atoms with van der Waals surface area (Å²) in [4.78, 5) is 17.9. The summed E-state index contributed by atoms with van der Waals surface area (Å²) in [6, 6.07) is 13.8. The smallest absolute Gasteiger partial charge is 0.306 e. The van der Waals surface area contributed by atoms with Crippen molar-refractivity contribution in [2.24, 2.45) is 11.8 Å². The molecule has 3 aliphatic rings. The van der Waals surface area contributed by atoms with Gasteiger partial charge in [0.1, 0.15) is 23.8 Å². The molecule has 1 aromatic heterocycles. The van der Waals surface area contributed by atoms with E-state index in [2.05, 4.69) is 28.1 Å². The first-order valence-electron chi connectivity index (χ1n) is 14.5. The van der Waals surface area contributed by atoms with Crippen LogP contribution in [-0.2, 0) is 17.8 Å². The summed E-state index contributed by atoms with van der Waals surface area (Å²) in [5, 5.41) is 9.72. The zero-order valence-electron chi connectivity index (χ0n) is 23.5. The normalized spacial score (nSPS) is 22.0. The molecule has 2 unspecified atom stereocenters. The van der Waals surface area contributed by atoms with Crippen molar-refractivity contribution < 1.29 is 28.2 Å². The van der Waals surface area contributed by atoms with Gasteiger partial charge in [0.2, 0.25) is 5.88 Å². The van der Waals surface area contributed by atoms with Gasteiger partial charge in [-0.15, -0.1) is 0 Å². The average molecular weight is 563 g/mol. The Labute approximate surface area is 239 Å². The number of benzene rings is 2. The molecule has 3 aromatic rings. The molecule has 0 radical (unpaired) electrons. The standard InChI is InChI=1S/C33H36F2N2O4/c1-19(33(38)39)32(21-4-5-21)23-6-3-20-8-10-29(41-30(20)14-23)22-7-9-26(27-15-31(40-2)36-16-28(27)35)24(13-22)17-37-12-11-25(34)18-37/h3,6-7,9,13-16,19,21,25,29,32H,4-5,8,10-12,17-18H2,1-2H3,(H,38,39)/t19-,25+,29?,32?/m0/s1. The second kappa shape index (κ2) is 11.4. The Bertz CT molecular complexity index is 1440. The monoisotopic (exact) mass is 562 g/mol. The Hall–Kier alpha value is -3.52. The van der Waals surface area contributed by atoms with Gasteiger partial charge in [0, 0.05) is 31.3 Å². The number of hydrogen-bond donors (Lipinski definition) is 1. The van der Waals surface area contributed by atoms with E-state index in [1.165, 1.54) is 7.11 Å². The summed E-state index contributed by atoms with van der Waals surface area (Å²) in [6.07, 6.45) is 4.35. The van der Waals surface area contributed by atoms with Crippen LogP contribution in [0.2, 0.25) is 0 Å². The quantitative estimate of drug-likeness (QED) is 0.312. The molecule has 1 aliphatic carbocycles. The predicted molar refractivity (Wildman–Crippen MR) is 151 cm³/mol. The number of aromatic nitrogens is 1. The maximum atomic E-state index is 15.0. The Morgan fingerprint density at radius 2 is 1.98 bits per heavy atom. The van der Waals surface area contributed by atoms with Crippen LogP contribution in [0.25, 0.3) is 11.1 Å². The molecule has 1 saturated heterocycles. The molecule has 2 aromatic carbocycles. The highest BCUT2D eigenvalue weighted by Crippen LogP contribution is 2.48. The van der Waals surface area contributed by atoms with E-state index in [1.807, 2.05) is 18.2 Å². The lowest BCUT2D eigenvalue weighted by atomic mass is 9.82. The summed E-state index contributed by atoms with van der Waals surface area (Å²) in [6.45, 7) is 3.31. The van der Waals surface area contributed by atoms with Crippen LogP contribution in [0.3, 0.4) is 0 Å². The highest BCUT2D eigenvalue weighted by atomic mass is 19.1. The van der Waals surface area contributed by atoms with E-state index in [0.717, 1.165) is 65.4 Å². The van der Waals surface area contributed by atoms with E-state index in [9.17, 15) is 18.7 Å². The van der Waals surface area contributed by atoms with Crippen LogP contribution in [0.5, 0.6) is 11.6 Å². The number of ether oxygens (including phenoxy) is 2. The fourth-order valence-electron chi connectivity index (χ4n) is 6.52. The number of carboxylic acids is 1. The van der Waals surface area contributed by atoms with E-state index in [0.29, 0.717) is 43.4 Å². The molecule has 6 nitrogen and oxygen atoms in total. The summed E-state index contributed by atoms with van der Waals surface area (Å²) in [7, 11) is 1.50. The minimum absolute atomic E-state index is 0.0281. The van der Waals surface area contributed by atoms with Gasteiger partial charge >= 0.3 is 5.97 Å². The summed E-state index contributed by atoms with van der Waals surface area (Å²) < 4.78 is 40.8. The maximum Gasteiger partial charge on any atom is 0.306 e. The van der Waals surface area contributed by atoms with E-state index < -0.39 is 23.9 Å². The van der Waals surface area contributed by atoms with Crippen LogP contribution in [0, 0.1) is 17.7 Å². The Kier molecular flexibility index (Phi) is 7.68. The highest BCUT2D eigenvalue weighted by Gasteiger charge is 2.39. The van der Waals surface area contributed by atoms with Crippen molar-refractivity contribution in [1.29, 1.82) is 0 Å². The number of aliphatic carboxylic acids is 1. The molecule has 216 valence electrons. The first-order chi connectivity index (χ1) is 19.8. The average Bonchev–Trinajstić information content (AvgIpc) is 3.73. The van der Waals surface area contributed by atoms with Gasteiger partial charge in [0.25, 0.3) is 0 Å². The van der Waals surface area contributed by atoms with Crippen LogP contribution in [0.15, 0.2) is 48.7 Å². The number of nitrogens with zero attached hydrogens (tertiary/aromatic N) is 2. The SMILES string of the molecule is COc1cc(-c2ccc(C3CCc4ccc(C(C5CC5)[C@H](C)C(=O)O)cc4O3)cc2CN2CC[C@@H](F)C2)c(F)cn1. The zero-order valence-corrected chi connectivity index (χ0v) is 23.5. The Morgan fingerprint density at radius 3 is 2.68 bits per heavy atom. The molecular formula is C33H36F2N2O4. The fourth-order valence-corrected chi connectivity index (χ4v) is 6.52. The molecule has 6 rings (SSSR count). The Morgan fingerprint density at radius 1 is 1.15 bits per heavy atom. The van der Waals surface area contributed by atoms with Gasteiger partial charge in [0.05, 0.1) is 19.2 Å². The molecular weight excluding hydrogens is 526 g/mol. The number of carbonyl (C=O) groups is 1. The van der Waals surface area contributed by atoms with Gasteiger partial charge in [-0.05, 0) is 77.8 Å². The molecule has 2 fully saturated rings. The van der Waals surface area contributed by atoms with Gasteiger partial charge in [-0.1, -0.05) is 37.3 Å². The Balaban J connectivity index is 1.31. The minimum atomic E-state index is -0.852. The zero-order chi connectivity index (χ0) is 28.7. The fraction of sp³-hybridized carbons (Fsp3) is 0.455. The van der Waals surface area contributed by atoms with Crippen molar-refractivity contribution in [2.45, 2.75) is 63.8 Å². The van der Waals surface area contributed by atoms with Gasteiger partial charge in [0.15, 0.2) is 0 Å². The summed E-state index contributed by atoms with van der Waals surface area (Å²) in [5.74, 6) is -0.178. The van der Waals surface area contributed by atoms with Gasteiger partial charge in [-0.25, -0.2) is 13.8 Å². The number of pyridine rings is 1. The number of carboxylic acid groups (broad SMARTS) is 1. The van der Waals surface area contributed by atoms with E-state index in [-0.39, 0.29) is 12.0 Å². The van der Waals surface area contributed by atoms with Crippen molar-refractivity contribution in [1.82, 2.24) is 9.88 Å². The molecule has 4 atom stereocenters. The molecule has 41 heavy (non-hydrogen) atoms. The number of rotatable bonds is 9. The van der Waals surface area contributed by atoms with Crippen molar-refractivity contribution in [3.05, 3.63) is 76.7 Å². The van der Waals surface area contributed by atoms with Crippen LogP contribution < -0.4 is 9.47 Å². The molecule has 8 heteroatoms. The van der Waals surface area contributed by atoms with Gasteiger partial charge in [-0.2, -0.15) is 0 Å². The third-order valence-corrected chi connectivity index (χ3v) is 8.92. The molecule has 2 aliphatic heterocycles. The van der Waals surface area contributed by atoms with Crippen molar-refractivity contribution >= 4 is 5.97 Å². The minimum Gasteiger partial charge on any atom is -0.485 e. The summed E-state index contributed by atoms with van der Waals surface area (Å²) in [5.41, 5.74) is 5.15. The lowest BCUT2D eigenvalue weighted by molar-refractivity contribution is -0.142. The molecule has 0 amide bonds. The number of fused-ring (bicyclic) bond motifs is 1. The molecule has 3 heterocycles. The molecule has 1 saturated carbocycles. The van der Waals surface area contributed by atoms with Crippen LogP contribution in [-0.4, -0.2) is 47.3 Å². The topological polar surface area (TPSA) is 71.9 Å². The molecule has 1 N–H and O–H groups in total. The van der Waals surface area contributed by atoms with Gasteiger partial charge in [-0.3, -0.25) is 9.69 Å². The lowest BCUT2D eigenvalue weighted by Gasteiger charge is -2.29. The molecule has 0 spiro atoms. The maximum absolute atomic E-state index is 15.0. The number of methoxy groups -OCH3 is 1. The highest BCUT2D eigenvalue weighted by molar-refractivity contribution is 5.71. The predicted octanol–water partition coefficient (Wildman–Crippen LogP) is 6.72. The van der Waals surface area contributed by atoms with E-state index >= 15 is 0 Å². The van der Waals surface area contributed by atoms with Crippen LogP contribution in [0.1, 0.15) is 66.9 Å². The number of alkyl halides is 1. The second-order valence-electron chi connectivity index (χ2n) is 11.7. The lowest BCUT2D eigenvalue weighted by Crippen LogP contribution is -2.22. The number of halogens is 2. The first kappa shape index (κ1) is 27.6. The van der Waals surface area contributed by atoms with E-state index in [4.69, 9.17) is 9.47 Å². The van der Waals surface area contributed by atoms with Crippen LogP contribution >= 0.6 is 0 Å².